The van der Waals surface area contributed by atoms with Crippen LogP contribution < -0.4 is 10.6 Å². The third-order valence-corrected chi connectivity index (χ3v) is 3.29. The van der Waals surface area contributed by atoms with Crippen LogP contribution in [0.15, 0.2) is 17.6 Å². The highest BCUT2D eigenvalue weighted by atomic mass is 127. The number of guanidine groups is 1. The van der Waals surface area contributed by atoms with Crippen LogP contribution in [0.1, 0.15) is 32.6 Å². The Labute approximate surface area is 134 Å². The molecular formula is C13H28IN3S. The van der Waals surface area contributed by atoms with Crippen LogP contribution in [-0.4, -0.2) is 37.6 Å². The maximum Gasteiger partial charge on any atom is 0.191 e. The molecule has 5 heteroatoms. The van der Waals surface area contributed by atoms with Crippen molar-refractivity contribution in [2.45, 2.75) is 32.6 Å². The van der Waals surface area contributed by atoms with Gasteiger partial charge in [-0.25, -0.2) is 0 Å². The standard InChI is InChI=1S/C13H27N3S.HI/c1-4-6-7-8-9-15-13(14-3)16-10-12-17-11-5-2;/h5H,2,4,6-12H2,1,3H3,(H2,14,15,16);1H. The van der Waals surface area contributed by atoms with E-state index >= 15 is 0 Å². The van der Waals surface area contributed by atoms with Crippen LogP contribution in [0, 0.1) is 0 Å². The van der Waals surface area contributed by atoms with E-state index in [4.69, 9.17) is 0 Å². The number of halogens is 1. The lowest BCUT2D eigenvalue weighted by atomic mass is 10.2. The first-order chi connectivity index (χ1) is 8.35. The van der Waals surface area contributed by atoms with E-state index < -0.39 is 0 Å². The number of unbranched alkanes of at least 4 members (excludes halogenated alkanes) is 3. The van der Waals surface area contributed by atoms with Gasteiger partial charge in [0.05, 0.1) is 0 Å². The molecule has 0 aromatic rings. The summed E-state index contributed by atoms with van der Waals surface area (Å²) in [7, 11) is 1.82. The number of thioether (sulfide) groups is 1. The quantitative estimate of drug-likeness (QED) is 0.199. The molecule has 0 aliphatic rings. The summed E-state index contributed by atoms with van der Waals surface area (Å²) in [5, 5.41) is 6.63. The number of hydrogen-bond acceptors (Lipinski definition) is 2. The van der Waals surface area contributed by atoms with Gasteiger partial charge in [-0.05, 0) is 6.42 Å². The Kier molecular flexibility index (Phi) is 19.4. The first-order valence-corrected chi connectivity index (χ1v) is 7.63. The summed E-state index contributed by atoms with van der Waals surface area (Å²) in [6, 6.07) is 0. The molecule has 0 radical (unpaired) electrons. The van der Waals surface area contributed by atoms with E-state index in [-0.39, 0.29) is 24.0 Å². The van der Waals surface area contributed by atoms with Crippen LogP contribution in [0.3, 0.4) is 0 Å². The summed E-state index contributed by atoms with van der Waals surface area (Å²) in [6.45, 7) is 7.89. The van der Waals surface area contributed by atoms with Crippen molar-refractivity contribution in [1.82, 2.24) is 10.6 Å². The predicted molar refractivity (Wildman–Crippen MR) is 96.4 cm³/mol. The van der Waals surface area contributed by atoms with Gasteiger partial charge in [-0.1, -0.05) is 32.3 Å². The van der Waals surface area contributed by atoms with E-state index in [0.717, 1.165) is 30.6 Å². The van der Waals surface area contributed by atoms with Crippen molar-refractivity contribution in [3.05, 3.63) is 12.7 Å². The van der Waals surface area contributed by atoms with Crippen LogP contribution in [0.5, 0.6) is 0 Å². The third-order valence-electron chi connectivity index (χ3n) is 2.32. The second-order valence-electron chi connectivity index (χ2n) is 3.85. The van der Waals surface area contributed by atoms with Crippen molar-refractivity contribution in [1.29, 1.82) is 0 Å². The molecule has 0 aromatic carbocycles. The van der Waals surface area contributed by atoms with E-state index in [0.29, 0.717) is 0 Å². The fourth-order valence-electron chi connectivity index (χ4n) is 1.39. The minimum absolute atomic E-state index is 0. The molecule has 0 heterocycles. The van der Waals surface area contributed by atoms with Gasteiger partial charge in [-0.3, -0.25) is 4.99 Å². The average molecular weight is 385 g/mol. The van der Waals surface area contributed by atoms with E-state index in [1.807, 2.05) is 24.9 Å². The Hall–Kier alpha value is 0.0900. The Morgan fingerprint density at radius 3 is 2.56 bits per heavy atom. The topological polar surface area (TPSA) is 36.4 Å². The highest BCUT2D eigenvalue weighted by Gasteiger charge is 1.95. The Morgan fingerprint density at radius 1 is 1.22 bits per heavy atom. The molecule has 3 nitrogen and oxygen atoms in total. The Morgan fingerprint density at radius 2 is 1.94 bits per heavy atom. The van der Waals surface area contributed by atoms with Gasteiger partial charge in [0.25, 0.3) is 0 Å². The SMILES string of the molecule is C=CCSCCNC(=NC)NCCCCCC.I. The number of hydrogen-bond donors (Lipinski definition) is 2. The normalized spacial score (nSPS) is 10.7. The second kappa shape index (κ2) is 17.1. The number of aliphatic imine (C=N–C) groups is 1. The highest BCUT2D eigenvalue weighted by molar-refractivity contribution is 14.0. The highest BCUT2D eigenvalue weighted by Crippen LogP contribution is 1.98. The zero-order chi connectivity index (χ0) is 12.8. The summed E-state index contributed by atoms with van der Waals surface area (Å²) in [5.74, 6) is 3.02. The van der Waals surface area contributed by atoms with Crippen molar-refractivity contribution in [2.24, 2.45) is 4.99 Å². The minimum Gasteiger partial charge on any atom is -0.356 e. The second-order valence-corrected chi connectivity index (χ2v) is 5.00. The molecule has 108 valence electrons. The monoisotopic (exact) mass is 385 g/mol. The van der Waals surface area contributed by atoms with Gasteiger partial charge in [-0.15, -0.1) is 30.6 Å². The van der Waals surface area contributed by atoms with Gasteiger partial charge >= 0.3 is 0 Å². The molecule has 2 N–H and O–H groups in total. The van der Waals surface area contributed by atoms with Gasteiger partial charge in [0.2, 0.25) is 0 Å². The average Bonchev–Trinajstić information content (AvgIpc) is 2.36. The molecule has 0 aliphatic heterocycles. The molecule has 0 aromatic heterocycles. The first kappa shape index (κ1) is 20.4. The molecular weight excluding hydrogens is 357 g/mol. The first-order valence-electron chi connectivity index (χ1n) is 6.48. The molecule has 0 rings (SSSR count). The van der Waals surface area contributed by atoms with Gasteiger partial charge < -0.3 is 10.6 Å². The van der Waals surface area contributed by atoms with Crippen LogP contribution in [0.4, 0.5) is 0 Å². The lowest BCUT2D eigenvalue weighted by Crippen LogP contribution is -2.38. The third kappa shape index (κ3) is 14.2. The van der Waals surface area contributed by atoms with Crippen LogP contribution >= 0.6 is 35.7 Å². The van der Waals surface area contributed by atoms with Crippen molar-refractivity contribution >= 4 is 41.7 Å². The maximum absolute atomic E-state index is 4.19. The van der Waals surface area contributed by atoms with Crippen molar-refractivity contribution in [2.75, 3.05) is 31.6 Å². The molecule has 0 unspecified atom stereocenters. The van der Waals surface area contributed by atoms with Gasteiger partial charge in [0, 0.05) is 31.6 Å². The van der Waals surface area contributed by atoms with E-state index in [9.17, 15) is 0 Å². The lowest BCUT2D eigenvalue weighted by molar-refractivity contribution is 0.648. The summed E-state index contributed by atoms with van der Waals surface area (Å²) in [4.78, 5) is 4.19. The summed E-state index contributed by atoms with van der Waals surface area (Å²) < 4.78 is 0. The van der Waals surface area contributed by atoms with Gasteiger partial charge in [0.15, 0.2) is 5.96 Å². The molecule has 18 heavy (non-hydrogen) atoms. The predicted octanol–water partition coefficient (Wildman–Crippen LogP) is 3.27. The van der Waals surface area contributed by atoms with Crippen molar-refractivity contribution in [3.63, 3.8) is 0 Å². The summed E-state index contributed by atoms with van der Waals surface area (Å²) in [6.07, 6.45) is 7.07. The molecule has 0 atom stereocenters. The molecule has 0 saturated heterocycles. The van der Waals surface area contributed by atoms with E-state index in [1.165, 1.54) is 25.7 Å². The zero-order valence-corrected chi connectivity index (χ0v) is 14.9. The largest absolute Gasteiger partial charge is 0.356 e. The van der Waals surface area contributed by atoms with Gasteiger partial charge in [-0.2, -0.15) is 11.8 Å². The van der Waals surface area contributed by atoms with Crippen molar-refractivity contribution in [3.8, 4) is 0 Å². The molecule has 0 aliphatic carbocycles. The maximum atomic E-state index is 4.19. The molecule has 0 spiro atoms. The fraction of sp³-hybridized carbons (Fsp3) is 0.769. The lowest BCUT2D eigenvalue weighted by Gasteiger charge is -2.11. The van der Waals surface area contributed by atoms with Crippen LogP contribution in [0.25, 0.3) is 0 Å². The Balaban J connectivity index is 0. The molecule has 0 bridgehead atoms. The number of rotatable bonds is 10. The van der Waals surface area contributed by atoms with Crippen LogP contribution in [-0.2, 0) is 0 Å². The molecule has 0 fully saturated rings. The van der Waals surface area contributed by atoms with Crippen molar-refractivity contribution < 1.29 is 0 Å². The zero-order valence-electron chi connectivity index (χ0n) is 11.7. The summed E-state index contributed by atoms with van der Waals surface area (Å²) >= 11 is 1.88. The van der Waals surface area contributed by atoms with E-state index in [2.05, 4.69) is 29.1 Å². The minimum atomic E-state index is 0. The van der Waals surface area contributed by atoms with Crippen LogP contribution in [0.2, 0.25) is 0 Å². The molecule has 0 amide bonds. The van der Waals surface area contributed by atoms with Gasteiger partial charge in [0.1, 0.15) is 0 Å². The summed E-state index contributed by atoms with van der Waals surface area (Å²) in [5.41, 5.74) is 0. The number of nitrogens with one attached hydrogen (secondary N) is 2. The Bertz CT molecular complexity index is 210. The fourth-order valence-corrected chi connectivity index (χ4v) is 1.97. The van der Waals surface area contributed by atoms with E-state index in [1.54, 1.807) is 0 Å². The molecule has 0 saturated carbocycles. The smallest absolute Gasteiger partial charge is 0.191 e. The number of nitrogens with zero attached hydrogens (tertiary/aromatic N) is 1.